The number of benzene rings is 1. The summed E-state index contributed by atoms with van der Waals surface area (Å²) in [7, 11) is 2.96. The molecule has 3 aromatic rings. The minimum absolute atomic E-state index is 0.00899. The fourth-order valence-electron chi connectivity index (χ4n) is 2.83. The molecule has 3 rings (SSSR count). The average Bonchev–Trinajstić information content (AvgIpc) is 2.67. The van der Waals surface area contributed by atoms with Gasteiger partial charge in [0.2, 0.25) is 0 Å². The Kier molecular flexibility index (Phi) is 5.31. The van der Waals surface area contributed by atoms with Crippen molar-refractivity contribution in [3.63, 3.8) is 0 Å². The summed E-state index contributed by atoms with van der Waals surface area (Å²) in [6.45, 7) is 5.80. The van der Waals surface area contributed by atoms with Crippen LogP contribution in [0.2, 0.25) is 0 Å². The molecule has 2 heterocycles. The van der Waals surface area contributed by atoms with Gasteiger partial charge in [0.1, 0.15) is 16.2 Å². The van der Waals surface area contributed by atoms with E-state index in [1.807, 2.05) is 20.8 Å². The highest BCUT2D eigenvalue weighted by atomic mass is 32.2. The molecule has 0 saturated carbocycles. The van der Waals surface area contributed by atoms with E-state index >= 15 is 0 Å². The van der Waals surface area contributed by atoms with E-state index in [0.29, 0.717) is 16.4 Å². The maximum Gasteiger partial charge on any atom is 0.332 e. The predicted molar refractivity (Wildman–Crippen MR) is 111 cm³/mol. The molecule has 0 radical (unpaired) electrons. The van der Waals surface area contributed by atoms with E-state index in [-0.39, 0.29) is 22.5 Å². The number of nitro benzene ring substituents is 1. The summed E-state index contributed by atoms with van der Waals surface area (Å²) in [5.74, 6) is 0.733. The van der Waals surface area contributed by atoms with Crippen LogP contribution in [-0.4, -0.2) is 24.0 Å². The first kappa shape index (κ1) is 20.7. The molecule has 10 heteroatoms. The lowest BCUT2D eigenvalue weighted by molar-refractivity contribution is -0.385. The van der Waals surface area contributed by atoms with Crippen LogP contribution < -0.4 is 11.2 Å². The summed E-state index contributed by atoms with van der Waals surface area (Å²) in [4.78, 5) is 45.1. The van der Waals surface area contributed by atoms with Crippen molar-refractivity contribution in [2.45, 2.75) is 37.0 Å². The Bertz CT molecular complexity index is 1240. The lowest BCUT2D eigenvalue weighted by Crippen LogP contribution is -2.38. The normalized spacial score (nSPS) is 11.8. The third-order valence-corrected chi connectivity index (χ3v) is 5.51. The highest BCUT2D eigenvalue weighted by molar-refractivity contribution is 7.98. The Labute approximate surface area is 170 Å². The molecule has 0 aliphatic carbocycles. The van der Waals surface area contributed by atoms with Crippen molar-refractivity contribution < 1.29 is 4.92 Å². The Hall–Kier alpha value is -3.01. The lowest BCUT2D eigenvalue weighted by Gasteiger charge is -2.19. The van der Waals surface area contributed by atoms with Crippen LogP contribution in [0.4, 0.5) is 5.69 Å². The predicted octanol–water partition coefficient (Wildman–Crippen LogP) is 2.53. The van der Waals surface area contributed by atoms with Crippen LogP contribution in [0.15, 0.2) is 38.9 Å². The van der Waals surface area contributed by atoms with Crippen LogP contribution in [0, 0.1) is 10.1 Å². The van der Waals surface area contributed by atoms with E-state index in [4.69, 9.17) is 0 Å². The summed E-state index contributed by atoms with van der Waals surface area (Å²) < 4.78 is 2.33. The molecule has 0 bridgehead atoms. The quantitative estimate of drug-likeness (QED) is 0.278. The molecule has 0 atom stereocenters. The summed E-state index contributed by atoms with van der Waals surface area (Å²) in [6, 6.07) is 6.45. The number of thioether (sulfide) groups is 1. The van der Waals surface area contributed by atoms with Crippen LogP contribution >= 0.6 is 11.8 Å². The lowest BCUT2D eigenvalue weighted by atomic mass is 9.96. The Balaban J connectivity index is 2.22. The second-order valence-corrected chi connectivity index (χ2v) is 8.65. The van der Waals surface area contributed by atoms with Crippen LogP contribution in [0.1, 0.15) is 32.2 Å². The van der Waals surface area contributed by atoms with Crippen molar-refractivity contribution in [1.29, 1.82) is 0 Å². The zero-order chi connectivity index (χ0) is 21.5. The maximum absolute atomic E-state index is 12.8. The summed E-state index contributed by atoms with van der Waals surface area (Å²) in [6.07, 6.45) is 0. The molecule has 0 unspecified atom stereocenters. The number of hydrogen-bond acceptors (Lipinski definition) is 7. The minimum Gasteiger partial charge on any atom is -0.280 e. The van der Waals surface area contributed by atoms with E-state index in [9.17, 15) is 19.7 Å². The monoisotopic (exact) mass is 415 g/mol. The molecule has 0 fully saturated rings. The molecule has 2 aromatic heterocycles. The van der Waals surface area contributed by atoms with Gasteiger partial charge in [-0.2, -0.15) is 0 Å². The van der Waals surface area contributed by atoms with Gasteiger partial charge in [-0.15, -0.1) is 11.8 Å². The zero-order valence-corrected chi connectivity index (χ0v) is 17.6. The van der Waals surface area contributed by atoms with Gasteiger partial charge >= 0.3 is 5.69 Å². The van der Waals surface area contributed by atoms with Crippen LogP contribution in [-0.2, 0) is 25.3 Å². The van der Waals surface area contributed by atoms with Crippen molar-refractivity contribution in [2.24, 2.45) is 14.1 Å². The number of fused-ring (bicyclic) bond motifs is 1. The second kappa shape index (κ2) is 7.43. The molecule has 9 nitrogen and oxygen atoms in total. The molecule has 0 aliphatic rings. The minimum atomic E-state index is -0.492. The summed E-state index contributed by atoms with van der Waals surface area (Å²) >= 11 is 1.22. The summed E-state index contributed by atoms with van der Waals surface area (Å²) in [5, 5.41) is 11.9. The molecular formula is C19H21N5O4S. The maximum atomic E-state index is 12.8. The third-order valence-electron chi connectivity index (χ3n) is 4.49. The summed E-state index contributed by atoms with van der Waals surface area (Å²) in [5.41, 5.74) is -0.602. The Morgan fingerprint density at radius 3 is 2.38 bits per heavy atom. The van der Waals surface area contributed by atoms with Gasteiger partial charge in [0.05, 0.1) is 4.92 Å². The van der Waals surface area contributed by atoms with Crippen molar-refractivity contribution in [2.75, 3.05) is 0 Å². The van der Waals surface area contributed by atoms with Crippen LogP contribution in [0.5, 0.6) is 0 Å². The number of nitro groups is 1. The standard InChI is InChI=1S/C19H21N5O4S/c1-19(2,3)17-20-14-13(16(25)23(5)18(26)22(14)4)15(21-17)29-10-11-8-6-7-9-12(11)24(27)28/h6-9H,10H2,1-5H3. The molecule has 1 aromatic carbocycles. The van der Waals surface area contributed by atoms with Crippen molar-refractivity contribution in [3.05, 3.63) is 66.6 Å². The molecular weight excluding hydrogens is 394 g/mol. The molecule has 0 amide bonds. The smallest absolute Gasteiger partial charge is 0.280 e. The fourth-order valence-corrected chi connectivity index (χ4v) is 3.84. The largest absolute Gasteiger partial charge is 0.332 e. The van der Waals surface area contributed by atoms with Gasteiger partial charge in [0.15, 0.2) is 5.65 Å². The second-order valence-electron chi connectivity index (χ2n) is 7.68. The van der Waals surface area contributed by atoms with Gasteiger partial charge in [-0.3, -0.25) is 24.0 Å². The highest BCUT2D eigenvalue weighted by Crippen LogP contribution is 2.31. The van der Waals surface area contributed by atoms with Gasteiger partial charge < -0.3 is 0 Å². The van der Waals surface area contributed by atoms with E-state index in [1.165, 1.54) is 29.4 Å². The van der Waals surface area contributed by atoms with Gasteiger partial charge in [-0.05, 0) is 0 Å². The average molecular weight is 415 g/mol. The van der Waals surface area contributed by atoms with Gasteiger partial charge in [-0.1, -0.05) is 39.0 Å². The highest BCUT2D eigenvalue weighted by Gasteiger charge is 2.24. The number of nitrogens with zero attached hydrogens (tertiary/aromatic N) is 5. The fraction of sp³-hybridized carbons (Fsp3) is 0.368. The first-order valence-corrected chi connectivity index (χ1v) is 9.84. The van der Waals surface area contributed by atoms with Crippen LogP contribution in [0.3, 0.4) is 0 Å². The molecule has 152 valence electrons. The van der Waals surface area contributed by atoms with E-state index in [0.717, 1.165) is 4.57 Å². The van der Waals surface area contributed by atoms with E-state index < -0.39 is 21.6 Å². The Morgan fingerprint density at radius 2 is 1.76 bits per heavy atom. The molecule has 0 aliphatic heterocycles. The first-order chi connectivity index (χ1) is 13.5. The Morgan fingerprint density at radius 1 is 1.10 bits per heavy atom. The molecule has 0 saturated heterocycles. The van der Waals surface area contributed by atoms with E-state index in [2.05, 4.69) is 9.97 Å². The third kappa shape index (κ3) is 3.80. The van der Waals surface area contributed by atoms with Gasteiger partial charge in [-0.25, -0.2) is 14.8 Å². The van der Waals surface area contributed by atoms with Crippen molar-refractivity contribution in [3.8, 4) is 0 Å². The van der Waals surface area contributed by atoms with E-state index in [1.54, 1.807) is 25.2 Å². The number of aryl methyl sites for hydroxylation is 1. The molecule has 0 spiro atoms. The molecule has 29 heavy (non-hydrogen) atoms. The zero-order valence-electron chi connectivity index (χ0n) is 16.8. The van der Waals surface area contributed by atoms with Crippen LogP contribution in [0.25, 0.3) is 11.0 Å². The number of hydrogen-bond donors (Lipinski definition) is 0. The number of aromatic nitrogens is 4. The number of rotatable bonds is 4. The number of para-hydroxylation sites is 1. The SMILES string of the molecule is Cn1c(=O)c2c(SCc3ccccc3[N+](=O)[O-])nc(C(C)(C)C)nc2n(C)c1=O. The topological polar surface area (TPSA) is 113 Å². The van der Waals surface area contributed by atoms with Gasteiger partial charge in [0, 0.05) is 36.9 Å². The van der Waals surface area contributed by atoms with Crippen molar-refractivity contribution >= 4 is 28.5 Å². The first-order valence-electron chi connectivity index (χ1n) is 8.85. The molecule has 0 N–H and O–H groups in total. The van der Waals surface area contributed by atoms with Crippen molar-refractivity contribution in [1.82, 2.24) is 19.1 Å². The van der Waals surface area contributed by atoms with Gasteiger partial charge in [0.25, 0.3) is 11.2 Å².